The van der Waals surface area contributed by atoms with E-state index in [0.29, 0.717) is 49.0 Å². The van der Waals surface area contributed by atoms with Gasteiger partial charge in [0.05, 0.1) is 44.9 Å². The Kier molecular flexibility index (Phi) is 4.29. The lowest BCUT2D eigenvalue weighted by molar-refractivity contribution is -0.139. The number of hydrogen-bond donors (Lipinski definition) is 0. The molecule has 3 heterocycles. The van der Waals surface area contributed by atoms with Crippen LogP contribution in [0.4, 0.5) is 0 Å². The molecule has 0 aliphatic carbocycles. The van der Waals surface area contributed by atoms with Crippen LogP contribution in [0.15, 0.2) is 18.2 Å². The maximum Gasteiger partial charge on any atom is 0.258 e. The Labute approximate surface area is 159 Å². The second-order valence-corrected chi connectivity index (χ2v) is 7.74. The predicted molar refractivity (Wildman–Crippen MR) is 97.8 cm³/mol. The lowest BCUT2D eigenvalue weighted by Gasteiger charge is -2.34. The fraction of sp³-hybridized carbons (Fsp3) is 0.600. The number of nitrogens with zero attached hydrogens (tertiary/aromatic N) is 2. The Morgan fingerprint density at radius 3 is 2.74 bits per heavy atom. The first-order chi connectivity index (χ1) is 12.9. The summed E-state index contributed by atoms with van der Waals surface area (Å²) in [5, 5.41) is 0. The normalized spacial score (nSPS) is 29.3. The van der Waals surface area contributed by atoms with Crippen LogP contribution in [0.3, 0.4) is 0 Å². The van der Waals surface area contributed by atoms with E-state index in [1.54, 1.807) is 30.2 Å². The van der Waals surface area contributed by atoms with Gasteiger partial charge in [0.25, 0.3) is 5.91 Å². The van der Waals surface area contributed by atoms with E-state index in [2.05, 4.69) is 13.8 Å². The number of hydrogen-bond acceptors (Lipinski definition) is 5. The Morgan fingerprint density at radius 2 is 2.07 bits per heavy atom. The van der Waals surface area contributed by atoms with E-state index in [1.807, 2.05) is 4.90 Å². The zero-order chi connectivity index (χ0) is 19.3. The van der Waals surface area contributed by atoms with Gasteiger partial charge in [-0.3, -0.25) is 9.59 Å². The lowest BCUT2D eigenvalue weighted by atomic mass is 10.0. The Bertz CT molecular complexity index is 780. The van der Waals surface area contributed by atoms with E-state index < -0.39 is 5.72 Å². The molecule has 3 atom stereocenters. The molecule has 3 saturated heterocycles. The molecule has 1 aromatic rings. The smallest absolute Gasteiger partial charge is 0.258 e. The zero-order valence-electron chi connectivity index (χ0n) is 16.2. The quantitative estimate of drug-likeness (QED) is 0.805. The van der Waals surface area contributed by atoms with Crippen LogP contribution >= 0.6 is 0 Å². The topological polar surface area (TPSA) is 68.3 Å². The van der Waals surface area contributed by atoms with E-state index in [4.69, 9.17) is 14.2 Å². The van der Waals surface area contributed by atoms with Crippen molar-refractivity contribution in [3.05, 3.63) is 23.8 Å². The average molecular weight is 374 g/mol. The molecule has 27 heavy (non-hydrogen) atoms. The van der Waals surface area contributed by atoms with E-state index >= 15 is 0 Å². The summed E-state index contributed by atoms with van der Waals surface area (Å²) in [4.78, 5) is 29.8. The molecular weight excluding hydrogens is 348 g/mol. The molecule has 1 aromatic carbocycles. The molecule has 7 nitrogen and oxygen atoms in total. The Hall–Kier alpha value is -2.28. The van der Waals surface area contributed by atoms with Crippen LogP contribution in [0.2, 0.25) is 0 Å². The van der Waals surface area contributed by atoms with Gasteiger partial charge in [0.1, 0.15) is 0 Å². The number of rotatable bonds is 4. The summed E-state index contributed by atoms with van der Waals surface area (Å²) >= 11 is 0. The first kappa shape index (κ1) is 18.1. The Morgan fingerprint density at radius 1 is 1.30 bits per heavy atom. The molecule has 1 spiro atoms. The molecule has 0 bridgehead atoms. The van der Waals surface area contributed by atoms with Crippen molar-refractivity contribution in [1.82, 2.24) is 9.80 Å². The van der Waals surface area contributed by atoms with Gasteiger partial charge in [-0.15, -0.1) is 0 Å². The van der Waals surface area contributed by atoms with Crippen LogP contribution < -0.4 is 9.47 Å². The minimum Gasteiger partial charge on any atom is -0.493 e. The van der Waals surface area contributed by atoms with Crippen LogP contribution in [0, 0.1) is 5.92 Å². The number of methoxy groups -OCH3 is 2. The maximum atomic E-state index is 13.3. The number of benzene rings is 1. The van der Waals surface area contributed by atoms with Crippen molar-refractivity contribution >= 4 is 11.8 Å². The van der Waals surface area contributed by atoms with Gasteiger partial charge < -0.3 is 24.0 Å². The van der Waals surface area contributed by atoms with Crippen molar-refractivity contribution in [2.45, 2.75) is 44.5 Å². The number of carbonyl (C=O) groups is 2. The summed E-state index contributed by atoms with van der Waals surface area (Å²) in [7, 11) is 3.07. The number of ether oxygens (including phenoxy) is 3. The van der Waals surface area contributed by atoms with Gasteiger partial charge in [-0.25, -0.2) is 0 Å². The summed E-state index contributed by atoms with van der Waals surface area (Å²) in [5.41, 5.74) is -0.230. The van der Waals surface area contributed by atoms with Crippen molar-refractivity contribution in [2.75, 3.05) is 27.4 Å². The van der Waals surface area contributed by atoms with Crippen molar-refractivity contribution in [3.8, 4) is 11.5 Å². The Balaban J connectivity index is 1.67. The average Bonchev–Trinajstić information content (AvgIpc) is 3.29. The fourth-order valence-electron chi connectivity index (χ4n) is 4.82. The predicted octanol–water partition coefficient (Wildman–Crippen LogP) is 1.90. The van der Waals surface area contributed by atoms with Gasteiger partial charge in [-0.1, -0.05) is 19.9 Å². The number of carbonyl (C=O) groups excluding carboxylic acids is 2. The molecule has 0 N–H and O–H groups in total. The summed E-state index contributed by atoms with van der Waals surface area (Å²) in [5.74, 6) is 1.17. The van der Waals surface area contributed by atoms with Gasteiger partial charge in [-0.05, 0) is 18.1 Å². The highest BCUT2D eigenvalue weighted by molar-refractivity contribution is 5.99. The molecule has 146 valence electrons. The number of amides is 2. The van der Waals surface area contributed by atoms with Crippen molar-refractivity contribution in [3.63, 3.8) is 0 Å². The van der Waals surface area contributed by atoms with Crippen LogP contribution in [-0.4, -0.2) is 66.8 Å². The first-order valence-corrected chi connectivity index (χ1v) is 9.42. The third-order valence-electron chi connectivity index (χ3n) is 6.15. The molecule has 0 saturated carbocycles. The largest absolute Gasteiger partial charge is 0.493 e. The standard InChI is InChI=1S/C20H26N2O5/c1-12(2)14-11-27-20-8-9-21(16(20)10-17(23)22(14)20)19(24)13-6-5-7-15(25-3)18(13)26-4/h5-7,12,14,16H,8-11H2,1-4H3/t14-,16+,20-/m0/s1. The summed E-state index contributed by atoms with van der Waals surface area (Å²) < 4.78 is 17.0. The maximum absolute atomic E-state index is 13.3. The van der Waals surface area contributed by atoms with E-state index in [9.17, 15) is 9.59 Å². The molecular formula is C20H26N2O5. The van der Waals surface area contributed by atoms with E-state index in [0.717, 1.165) is 0 Å². The highest BCUT2D eigenvalue weighted by atomic mass is 16.5. The van der Waals surface area contributed by atoms with Crippen molar-refractivity contribution < 1.29 is 23.8 Å². The summed E-state index contributed by atoms with van der Waals surface area (Å²) in [6.45, 7) is 5.29. The second kappa shape index (κ2) is 6.41. The van der Waals surface area contributed by atoms with Crippen LogP contribution in [0.5, 0.6) is 11.5 Å². The van der Waals surface area contributed by atoms with Gasteiger partial charge in [0.15, 0.2) is 17.2 Å². The van der Waals surface area contributed by atoms with Gasteiger partial charge in [0, 0.05) is 13.0 Å². The third kappa shape index (κ3) is 2.44. The van der Waals surface area contributed by atoms with Crippen molar-refractivity contribution in [1.29, 1.82) is 0 Å². The van der Waals surface area contributed by atoms with Crippen molar-refractivity contribution in [2.24, 2.45) is 5.92 Å². The zero-order valence-corrected chi connectivity index (χ0v) is 16.2. The third-order valence-corrected chi connectivity index (χ3v) is 6.15. The molecule has 4 rings (SSSR count). The summed E-state index contributed by atoms with van der Waals surface area (Å²) in [6.07, 6.45) is 0.950. The lowest BCUT2D eigenvalue weighted by Crippen LogP contribution is -2.51. The molecule has 0 unspecified atom stereocenters. The molecule has 0 aromatic heterocycles. The van der Waals surface area contributed by atoms with Gasteiger partial charge in [-0.2, -0.15) is 0 Å². The summed E-state index contributed by atoms with van der Waals surface area (Å²) in [6, 6.07) is 5.07. The van der Waals surface area contributed by atoms with Crippen LogP contribution in [0.25, 0.3) is 0 Å². The molecule has 7 heteroatoms. The van der Waals surface area contributed by atoms with Crippen LogP contribution in [-0.2, 0) is 9.53 Å². The minimum absolute atomic E-state index is 0.0731. The van der Waals surface area contributed by atoms with Crippen LogP contribution in [0.1, 0.15) is 37.0 Å². The fourth-order valence-corrected chi connectivity index (χ4v) is 4.82. The molecule has 3 aliphatic heterocycles. The highest BCUT2D eigenvalue weighted by Gasteiger charge is 2.65. The van der Waals surface area contributed by atoms with Gasteiger partial charge in [0.2, 0.25) is 5.91 Å². The monoisotopic (exact) mass is 374 g/mol. The molecule has 3 fully saturated rings. The molecule has 0 radical (unpaired) electrons. The molecule has 3 aliphatic rings. The highest BCUT2D eigenvalue weighted by Crippen LogP contribution is 2.49. The number of para-hydroxylation sites is 1. The van der Waals surface area contributed by atoms with Gasteiger partial charge >= 0.3 is 0 Å². The second-order valence-electron chi connectivity index (χ2n) is 7.74. The number of likely N-dealkylation sites (tertiary alicyclic amines) is 1. The minimum atomic E-state index is -0.673. The first-order valence-electron chi connectivity index (χ1n) is 9.42. The van der Waals surface area contributed by atoms with E-state index in [1.165, 1.54) is 7.11 Å². The van der Waals surface area contributed by atoms with E-state index in [-0.39, 0.29) is 23.9 Å². The molecule has 2 amide bonds. The SMILES string of the molecule is COc1cccc(C(=O)N2CC[C@@]34OC[C@@H](C(C)C)N3C(=O)C[C@@H]24)c1OC.